The number of aromatic amines is 1. The zero-order valence-electron chi connectivity index (χ0n) is 8.80. The molecule has 0 aliphatic carbocycles. The second-order valence-electron chi connectivity index (χ2n) is 3.88. The minimum absolute atomic E-state index is 0.0274. The molecule has 0 radical (unpaired) electrons. The summed E-state index contributed by atoms with van der Waals surface area (Å²) in [6.45, 7) is 0.582. The van der Waals surface area contributed by atoms with Gasteiger partial charge in [0, 0.05) is 19.0 Å². The Balaban J connectivity index is 1.86. The molecule has 1 aliphatic heterocycles. The Hall–Kier alpha value is -2.38. The summed E-state index contributed by atoms with van der Waals surface area (Å²) >= 11 is 0. The zero-order chi connectivity index (χ0) is 11.8. The number of fused-ring (bicyclic) bond motifs is 1. The Morgan fingerprint density at radius 2 is 2.35 bits per heavy atom. The average molecular weight is 234 g/mol. The predicted octanol–water partition coefficient (Wildman–Crippen LogP) is -1.28. The normalized spacial score (nSPS) is 19.5. The van der Waals surface area contributed by atoms with Crippen molar-refractivity contribution in [2.75, 3.05) is 11.9 Å². The number of amides is 1. The maximum atomic E-state index is 11.2. The Morgan fingerprint density at radius 3 is 3.12 bits per heavy atom. The molecule has 1 unspecified atom stereocenters. The molecule has 1 fully saturated rings. The molecule has 2 aromatic heterocycles. The highest BCUT2D eigenvalue weighted by atomic mass is 16.2. The van der Waals surface area contributed by atoms with Crippen LogP contribution in [0.15, 0.2) is 17.2 Å². The van der Waals surface area contributed by atoms with Crippen LogP contribution in [0.3, 0.4) is 0 Å². The van der Waals surface area contributed by atoms with E-state index in [1.54, 1.807) is 6.07 Å². The summed E-state index contributed by atoms with van der Waals surface area (Å²) in [6, 6.07) is 1.68. The molecule has 17 heavy (non-hydrogen) atoms. The quantitative estimate of drug-likeness (QED) is 0.600. The number of aromatic nitrogens is 4. The molecule has 1 amide bonds. The molecule has 0 aromatic carbocycles. The number of carbonyl (C=O) groups is 1. The maximum Gasteiger partial charge on any atom is 0.348 e. The summed E-state index contributed by atoms with van der Waals surface area (Å²) < 4.78 is 1.31. The summed E-state index contributed by atoms with van der Waals surface area (Å²) in [5.74, 6) is 0.623. The number of nitrogens with zero attached hydrogens (tertiary/aromatic N) is 3. The minimum atomic E-state index is -0.322. The summed E-state index contributed by atoms with van der Waals surface area (Å²) in [6.07, 6.45) is 1.83. The van der Waals surface area contributed by atoms with Crippen LogP contribution in [0.2, 0.25) is 0 Å². The van der Waals surface area contributed by atoms with Crippen molar-refractivity contribution >= 4 is 17.4 Å². The number of hydrogen-bond acceptors (Lipinski definition) is 5. The summed E-state index contributed by atoms with van der Waals surface area (Å²) in [7, 11) is 0. The van der Waals surface area contributed by atoms with Gasteiger partial charge in [-0.2, -0.15) is 5.10 Å². The fraction of sp³-hybridized carbons (Fsp3) is 0.333. The summed E-state index contributed by atoms with van der Waals surface area (Å²) in [4.78, 5) is 26.3. The lowest BCUT2D eigenvalue weighted by Gasteiger charge is -2.10. The highest BCUT2D eigenvalue weighted by Gasteiger charge is 2.21. The first-order valence-electron chi connectivity index (χ1n) is 5.18. The van der Waals surface area contributed by atoms with Crippen LogP contribution in [-0.4, -0.2) is 38.1 Å². The van der Waals surface area contributed by atoms with Gasteiger partial charge in [-0.25, -0.2) is 19.3 Å². The molecule has 1 aliphatic rings. The molecule has 8 heteroatoms. The van der Waals surface area contributed by atoms with E-state index in [0.717, 1.165) is 0 Å². The molecule has 0 spiro atoms. The fourth-order valence-corrected chi connectivity index (χ4v) is 1.81. The van der Waals surface area contributed by atoms with Crippen molar-refractivity contribution in [2.24, 2.45) is 0 Å². The van der Waals surface area contributed by atoms with Crippen LogP contribution >= 0.6 is 0 Å². The van der Waals surface area contributed by atoms with Gasteiger partial charge in [0.1, 0.15) is 12.1 Å². The van der Waals surface area contributed by atoms with Crippen LogP contribution in [0.1, 0.15) is 6.42 Å². The van der Waals surface area contributed by atoms with Crippen molar-refractivity contribution < 1.29 is 4.79 Å². The molecular weight excluding hydrogens is 224 g/mol. The van der Waals surface area contributed by atoms with E-state index in [1.807, 2.05) is 0 Å². The number of hydrogen-bond donors (Lipinski definition) is 3. The van der Waals surface area contributed by atoms with Gasteiger partial charge in [-0.05, 0) is 0 Å². The molecule has 1 atom stereocenters. The van der Waals surface area contributed by atoms with Crippen molar-refractivity contribution in [1.82, 2.24) is 24.9 Å². The Labute approximate surface area is 95.1 Å². The highest BCUT2D eigenvalue weighted by Crippen LogP contribution is 2.10. The van der Waals surface area contributed by atoms with Gasteiger partial charge in [0.25, 0.3) is 0 Å². The lowest BCUT2D eigenvalue weighted by Crippen LogP contribution is -2.23. The van der Waals surface area contributed by atoms with Gasteiger partial charge < -0.3 is 10.6 Å². The van der Waals surface area contributed by atoms with Crippen LogP contribution < -0.4 is 16.3 Å². The third kappa shape index (κ3) is 1.73. The van der Waals surface area contributed by atoms with Gasteiger partial charge in [-0.1, -0.05) is 0 Å². The Morgan fingerprint density at radius 1 is 1.47 bits per heavy atom. The van der Waals surface area contributed by atoms with Crippen LogP contribution in [0.25, 0.3) is 5.65 Å². The molecule has 3 N–H and O–H groups in total. The van der Waals surface area contributed by atoms with Crippen LogP contribution in [-0.2, 0) is 4.79 Å². The van der Waals surface area contributed by atoms with Gasteiger partial charge in [0.15, 0.2) is 5.65 Å². The van der Waals surface area contributed by atoms with E-state index in [4.69, 9.17) is 0 Å². The Bertz CT molecular complexity index is 630. The number of nitrogens with one attached hydrogen (secondary N) is 3. The van der Waals surface area contributed by atoms with Gasteiger partial charge in [0.2, 0.25) is 5.91 Å². The molecule has 2 aromatic rings. The van der Waals surface area contributed by atoms with Crippen molar-refractivity contribution in [2.45, 2.75) is 12.5 Å². The van der Waals surface area contributed by atoms with Gasteiger partial charge in [-0.3, -0.25) is 4.79 Å². The molecule has 3 heterocycles. The lowest BCUT2D eigenvalue weighted by molar-refractivity contribution is -0.119. The largest absolute Gasteiger partial charge is 0.365 e. The first-order valence-corrected chi connectivity index (χ1v) is 5.18. The maximum absolute atomic E-state index is 11.2. The fourth-order valence-electron chi connectivity index (χ4n) is 1.81. The standard InChI is InChI=1S/C9H10N6O2/c16-8-1-5(3-10-8)12-6-2-7-13-14-9(17)15(7)4-11-6/h2,4-5,12H,1,3H2,(H,10,16)(H,14,17). The van der Waals surface area contributed by atoms with Crippen molar-refractivity contribution in [3.8, 4) is 0 Å². The minimum Gasteiger partial charge on any atom is -0.365 e. The van der Waals surface area contributed by atoms with E-state index < -0.39 is 0 Å². The van der Waals surface area contributed by atoms with Crippen LogP contribution in [0.5, 0.6) is 0 Å². The van der Waals surface area contributed by atoms with E-state index in [9.17, 15) is 9.59 Å². The molecule has 3 rings (SSSR count). The monoisotopic (exact) mass is 234 g/mol. The SMILES string of the molecule is O=C1CC(Nc2cc3n[nH]c(=O)n3cn2)CN1. The third-order valence-electron chi connectivity index (χ3n) is 2.64. The van der Waals surface area contributed by atoms with Crippen LogP contribution in [0, 0.1) is 0 Å². The van der Waals surface area contributed by atoms with E-state index >= 15 is 0 Å². The molecular formula is C9H10N6O2. The van der Waals surface area contributed by atoms with E-state index in [2.05, 4.69) is 25.8 Å². The van der Waals surface area contributed by atoms with Gasteiger partial charge >= 0.3 is 5.69 Å². The van der Waals surface area contributed by atoms with E-state index in [1.165, 1.54) is 10.7 Å². The molecule has 1 saturated heterocycles. The van der Waals surface area contributed by atoms with E-state index in [0.29, 0.717) is 24.4 Å². The van der Waals surface area contributed by atoms with Crippen molar-refractivity contribution in [3.05, 3.63) is 22.9 Å². The number of carbonyl (C=O) groups excluding carboxylic acids is 1. The Kier molecular flexibility index (Phi) is 2.07. The van der Waals surface area contributed by atoms with Gasteiger partial charge in [0.05, 0.1) is 6.04 Å². The molecule has 0 saturated carbocycles. The summed E-state index contributed by atoms with van der Waals surface area (Å²) in [5.41, 5.74) is 0.168. The topological polar surface area (TPSA) is 104 Å². The number of rotatable bonds is 2. The van der Waals surface area contributed by atoms with Crippen molar-refractivity contribution in [1.29, 1.82) is 0 Å². The van der Waals surface area contributed by atoms with Crippen LogP contribution in [0.4, 0.5) is 5.82 Å². The zero-order valence-corrected chi connectivity index (χ0v) is 8.80. The second-order valence-corrected chi connectivity index (χ2v) is 3.88. The third-order valence-corrected chi connectivity index (χ3v) is 2.64. The molecule has 0 bridgehead atoms. The number of H-pyrrole nitrogens is 1. The molecule has 8 nitrogen and oxygen atoms in total. The first-order chi connectivity index (χ1) is 8.22. The number of anilines is 1. The van der Waals surface area contributed by atoms with Gasteiger partial charge in [-0.15, -0.1) is 0 Å². The van der Waals surface area contributed by atoms with E-state index in [-0.39, 0.29) is 17.6 Å². The highest BCUT2D eigenvalue weighted by molar-refractivity contribution is 5.79. The second kappa shape index (κ2) is 3.58. The average Bonchev–Trinajstić information content (AvgIpc) is 2.87. The first kappa shape index (κ1) is 9.82. The van der Waals surface area contributed by atoms with Crippen molar-refractivity contribution in [3.63, 3.8) is 0 Å². The summed E-state index contributed by atoms with van der Waals surface area (Å²) in [5, 5.41) is 12.0. The molecule has 88 valence electrons. The lowest BCUT2D eigenvalue weighted by atomic mass is 10.2. The smallest absolute Gasteiger partial charge is 0.348 e. The predicted molar refractivity (Wildman–Crippen MR) is 58.6 cm³/mol.